The molecule has 1 aromatic heterocycles. The van der Waals surface area contributed by atoms with Gasteiger partial charge in [0.15, 0.2) is 0 Å². The van der Waals surface area contributed by atoms with Crippen LogP contribution in [0.25, 0.3) is 0 Å². The lowest BCUT2D eigenvalue weighted by atomic mass is 10.1. The molecule has 4 heteroatoms. The molecule has 4 nitrogen and oxygen atoms in total. The highest BCUT2D eigenvalue weighted by Crippen LogP contribution is 2.12. The minimum Gasteiger partial charge on any atom is -0.481 e. The van der Waals surface area contributed by atoms with Crippen molar-refractivity contribution in [1.29, 1.82) is 0 Å². The van der Waals surface area contributed by atoms with E-state index in [1.165, 1.54) is 44.5 Å². The van der Waals surface area contributed by atoms with Gasteiger partial charge < -0.3 is 15.0 Å². The van der Waals surface area contributed by atoms with Gasteiger partial charge in [0, 0.05) is 24.8 Å². The van der Waals surface area contributed by atoms with Crippen LogP contribution in [0.2, 0.25) is 0 Å². The number of hydrogen-bond acceptors (Lipinski definition) is 4. The summed E-state index contributed by atoms with van der Waals surface area (Å²) in [5.74, 6) is 0.678. The molecule has 19 heavy (non-hydrogen) atoms. The van der Waals surface area contributed by atoms with Gasteiger partial charge in [-0.2, -0.15) is 0 Å². The molecular formula is C15H25N3O. The van der Waals surface area contributed by atoms with Crippen LogP contribution in [0.1, 0.15) is 31.7 Å². The van der Waals surface area contributed by atoms with E-state index < -0.39 is 0 Å². The van der Waals surface area contributed by atoms with Crippen molar-refractivity contribution in [2.45, 2.75) is 38.8 Å². The number of methoxy groups -OCH3 is 1. The smallest absolute Gasteiger partial charge is 0.212 e. The molecule has 1 atom stereocenters. The lowest BCUT2D eigenvalue weighted by Gasteiger charge is -2.18. The molecule has 0 bridgehead atoms. The molecule has 1 fully saturated rings. The summed E-state index contributed by atoms with van der Waals surface area (Å²) in [6.45, 7) is 6.79. The van der Waals surface area contributed by atoms with Gasteiger partial charge in [0.2, 0.25) is 5.88 Å². The van der Waals surface area contributed by atoms with E-state index in [1.807, 2.05) is 12.3 Å². The molecule has 106 valence electrons. The van der Waals surface area contributed by atoms with Gasteiger partial charge in [-0.3, -0.25) is 0 Å². The van der Waals surface area contributed by atoms with E-state index in [0.717, 1.165) is 6.54 Å². The largest absolute Gasteiger partial charge is 0.481 e. The number of nitrogens with one attached hydrogen (secondary N) is 1. The second-order valence-corrected chi connectivity index (χ2v) is 5.15. The van der Waals surface area contributed by atoms with E-state index in [-0.39, 0.29) is 0 Å². The SMILES string of the molecule is CCN1CCCC(NCc2ccc(OC)nc2)CC1. The van der Waals surface area contributed by atoms with Crippen LogP contribution in [0.4, 0.5) is 0 Å². The maximum absolute atomic E-state index is 5.07. The van der Waals surface area contributed by atoms with Crippen LogP contribution in [0.5, 0.6) is 5.88 Å². The molecule has 0 aromatic carbocycles. The zero-order chi connectivity index (χ0) is 13.5. The molecule has 1 aliphatic heterocycles. The Kier molecular flexibility index (Phi) is 5.61. The Labute approximate surface area is 116 Å². The average Bonchev–Trinajstić information content (AvgIpc) is 2.70. The summed E-state index contributed by atoms with van der Waals surface area (Å²) in [7, 11) is 1.64. The number of hydrogen-bond donors (Lipinski definition) is 1. The normalized spacial score (nSPS) is 21.1. The number of nitrogens with zero attached hydrogens (tertiary/aromatic N) is 2. The van der Waals surface area contributed by atoms with Gasteiger partial charge in [0.1, 0.15) is 0 Å². The molecule has 1 aromatic rings. The van der Waals surface area contributed by atoms with Gasteiger partial charge in [-0.05, 0) is 44.5 Å². The van der Waals surface area contributed by atoms with Crippen molar-refractivity contribution < 1.29 is 4.74 Å². The Morgan fingerprint density at radius 1 is 1.37 bits per heavy atom. The molecule has 0 aliphatic carbocycles. The maximum atomic E-state index is 5.07. The van der Waals surface area contributed by atoms with E-state index in [4.69, 9.17) is 4.74 Å². The number of aromatic nitrogens is 1. The average molecular weight is 263 g/mol. The summed E-state index contributed by atoms with van der Waals surface area (Å²) < 4.78 is 5.07. The van der Waals surface area contributed by atoms with Crippen LogP contribution in [0.15, 0.2) is 18.3 Å². The van der Waals surface area contributed by atoms with Gasteiger partial charge in [-0.25, -0.2) is 4.98 Å². The van der Waals surface area contributed by atoms with Crippen LogP contribution < -0.4 is 10.1 Å². The van der Waals surface area contributed by atoms with E-state index in [0.29, 0.717) is 11.9 Å². The van der Waals surface area contributed by atoms with Gasteiger partial charge in [0.05, 0.1) is 7.11 Å². The third-order valence-corrected chi connectivity index (χ3v) is 3.87. The van der Waals surface area contributed by atoms with E-state index >= 15 is 0 Å². The summed E-state index contributed by atoms with van der Waals surface area (Å²) >= 11 is 0. The Bertz CT molecular complexity index is 366. The first-order valence-electron chi connectivity index (χ1n) is 7.26. The molecule has 1 unspecified atom stereocenters. The van der Waals surface area contributed by atoms with Gasteiger partial charge in [-0.15, -0.1) is 0 Å². The molecule has 1 saturated heterocycles. The lowest BCUT2D eigenvalue weighted by Crippen LogP contribution is -2.30. The Morgan fingerprint density at radius 2 is 2.26 bits per heavy atom. The molecule has 0 spiro atoms. The van der Waals surface area contributed by atoms with Crippen molar-refractivity contribution >= 4 is 0 Å². The first-order valence-corrected chi connectivity index (χ1v) is 7.26. The molecule has 0 amide bonds. The Hall–Kier alpha value is -1.13. The highest BCUT2D eigenvalue weighted by Gasteiger charge is 2.15. The summed E-state index contributed by atoms with van der Waals surface area (Å²) in [5, 5.41) is 3.65. The summed E-state index contributed by atoms with van der Waals surface area (Å²) in [6, 6.07) is 4.63. The fraction of sp³-hybridized carbons (Fsp3) is 0.667. The van der Waals surface area contributed by atoms with E-state index in [1.54, 1.807) is 7.11 Å². The minimum absolute atomic E-state index is 0.638. The third kappa shape index (κ3) is 4.48. The van der Waals surface area contributed by atoms with Crippen molar-refractivity contribution in [2.24, 2.45) is 0 Å². The summed E-state index contributed by atoms with van der Waals surface area (Å²) in [6.07, 6.45) is 5.71. The fourth-order valence-electron chi connectivity index (χ4n) is 2.57. The van der Waals surface area contributed by atoms with Crippen molar-refractivity contribution in [1.82, 2.24) is 15.2 Å². The predicted octanol–water partition coefficient (Wildman–Crippen LogP) is 2.05. The highest BCUT2D eigenvalue weighted by molar-refractivity contribution is 5.17. The second kappa shape index (κ2) is 7.46. The van der Waals surface area contributed by atoms with Crippen molar-refractivity contribution in [3.63, 3.8) is 0 Å². The number of likely N-dealkylation sites (tertiary alicyclic amines) is 1. The highest BCUT2D eigenvalue weighted by atomic mass is 16.5. The van der Waals surface area contributed by atoms with Crippen LogP contribution in [0, 0.1) is 0 Å². The first kappa shape index (κ1) is 14.3. The van der Waals surface area contributed by atoms with Crippen molar-refractivity contribution in [2.75, 3.05) is 26.7 Å². The molecule has 2 rings (SSSR count). The molecular weight excluding hydrogens is 238 g/mol. The Balaban J connectivity index is 1.77. The molecule has 2 heterocycles. The molecule has 0 saturated carbocycles. The summed E-state index contributed by atoms with van der Waals surface area (Å²) in [5.41, 5.74) is 1.22. The van der Waals surface area contributed by atoms with Crippen LogP contribution >= 0.6 is 0 Å². The standard InChI is InChI=1S/C15H25N3O/c1-3-18-9-4-5-14(8-10-18)16-11-13-6-7-15(19-2)17-12-13/h6-7,12,14,16H,3-5,8-11H2,1-2H3. The lowest BCUT2D eigenvalue weighted by molar-refractivity contribution is 0.297. The fourth-order valence-corrected chi connectivity index (χ4v) is 2.57. The quantitative estimate of drug-likeness (QED) is 0.882. The first-order chi connectivity index (χ1) is 9.31. The number of pyridine rings is 1. The zero-order valence-corrected chi connectivity index (χ0v) is 12.1. The van der Waals surface area contributed by atoms with Crippen LogP contribution in [0.3, 0.4) is 0 Å². The van der Waals surface area contributed by atoms with Gasteiger partial charge in [-0.1, -0.05) is 13.0 Å². The molecule has 1 aliphatic rings. The van der Waals surface area contributed by atoms with Gasteiger partial charge >= 0.3 is 0 Å². The molecule has 1 N–H and O–H groups in total. The van der Waals surface area contributed by atoms with Crippen molar-refractivity contribution in [3.05, 3.63) is 23.9 Å². The van der Waals surface area contributed by atoms with Crippen LogP contribution in [-0.4, -0.2) is 42.7 Å². The van der Waals surface area contributed by atoms with E-state index in [2.05, 4.69) is 28.2 Å². The maximum Gasteiger partial charge on any atom is 0.212 e. The third-order valence-electron chi connectivity index (χ3n) is 3.87. The number of rotatable bonds is 5. The van der Waals surface area contributed by atoms with Crippen molar-refractivity contribution in [3.8, 4) is 5.88 Å². The zero-order valence-electron chi connectivity index (χ0n) is 12.1. The second-order valence-electron chi connectivity index (χ2n) is 5.15. The topological polar surface area (TPSA) is 37.4 Å². The molecule has 0 radical (unpaired) electrons. The minimum atomic E-state index is 0.638. The summed E-state index contributed by atoms with van der Waals surface area (Å²) in [4.78, 5) is 6.77. The number of ether oxygens (including phenoxy) is 1. The van der Waals surface area contributed by atoms with Crippen LogP contribution in [-0.2, 0) is 6.54 Å². The predicted molar refractivity (Wildman–Crippen MR) is 77.4 cm³/mol. The van der Waals surface area contributed by atoms with E-state index in [9.17, 15) is 0 Å². The monoisotopic (exact) mass is 263 g/mol. The Morgan fingerprint density at radius 3 is 2.95 bits per heavy atom. The van der Waals surface area contributed by atoms with Gasteiger partial charge in [0.25, 0.3) is 0 Å².